The first-order valence-electron chi connectivity index (χ1n) is 7.27. The molecule has 0 radical (unpaired) electrons. The van der Waals surface area contributed by atoms with Crippen LogP contribution in [0.5, 0.6) is 0 Å². The van der Waals surface area contributed by atoms with E-state index in [0.29, 0.717) is 19.5 Å². The van der Waals surface area contributed by atoms with Crippen molar-refractivity contribution >= 4 is 21.7 Å². The third-order valence-electron chi connectivity index (χ3n) is 3.66. The fourth-order valence-corrected chi connectivity index (χ4v) is 4.14. The number of nitrogens with one attached hydrogen (secondary N) is 2. The molecule has 3 rings (SSSR count). The predicted octanol–water partition coefficient (Wildman–Crippen LogP) is 0.665. The number of nitrogens with zero attached hydrogens (tertiary/aromatic N) is 2. The van der Waals surface area contributed by atoms with E-state index in [-0.39, 0.29) is 5.75 Å². The first-order chi connectivity index (χ1) is 10.1. The van der Waals surface area contributed by atoms with Gasteiger partial charge in [0.15, 0.2) is 5.96 Å². The summed E-state index contributed by atoms with van der Waals surface area (Å²) < 4.78 is 25.4. The van der Waals surface area contributed by atoms with Crippen molar-refractivity contribution in [3.8, 4) is 0 Å². The van der Waals surface area contributed by atoms with Crippen molar-refractivity contribution in [2.24, 2.45) is 4.99 Å². The first-order valence-corrected chi connectivity index (χ1v) is 8.88. The van der Waals surface area contributed by atoms with Gasteiger partial charge in [-0.2, -0.15) is 0 Å². The van der Waals surface area contributed by atoms with Crippen LogP contribution < -0.4 is 14.9 Å². The highest BCUT2D eigenvalue weighted by Crippen LogP contribution is 2.24. The molecule has 1 aromatic carbocycles. The Morgan fingerprint density at radius 1 is 1.33 bits per heavy atom. The van der Waals surface area contributed by atoms with Crippen LogP contribution in [0.15, 0.2) is 29.3 Å². The van der Waals surface area contributed by atoms with Crippen LogP contribution in [-0.4, -0.2) is 39.8 Å². The van der Waals surface area contributed by atoms with E-state index in [2.05, 4.69) is 15.6 Å². The van der Waals surface area contributed by atoms with Gasteiger partial charge in [-0.05, 0) is 30.5 Å². The average Bonchev–Trinajstić information content (AvgIpc) is 2.86. The highest BCUT2D eigenvalue weighted by atomic mass is 32.2. The summed E-state index contributed by atoms with van der Waals surface area (Å²) >= 11 is 0. The van der Waals surface area contributed by atoms with Gasteiger partial charge >= 0.3 is 0 Å². The van der Waals surface area contributed by atoms with Gasteiger partial charge in [-0.1, -0.05) is 12.1 Å². The molecule has 2 aliphatic rings. The van der Waals surface area contributed by atoms with Crippen LogP contribution in [0.2, 0.25) is 0 Å². The van der Waals surface area contributed by atoms with E-state index < -0.39 is 10.0 Å². The number of anilines is 1. The summed E-state index contributed by atoms with van der Waals surface area (Å²) in [6, 6.07) is 7.67. The third kappa shape index (κ3) is 3.29. The summed E-state index contributed by atoms with van der Waals surface area (Å²) in [5, 5.41) is 6.45. The Hall–Kier alpha value is -1.76. The first kappa shape index (κ1) is 14.2. The van der Waals surface area contributed by atoms with Gasteiger partial charge in [-0.15, -0.1) is 0 Å². The summed E-state index contributed by atoms with van der Waals surface area (Å²) in [4.78, 5) is 4.36. The number of aliphatic imine (C=N–C) groups is 1. The maximum Gasteiger partial charge on any atom is 0.235 e. The molecule has 7 heteroatoms. The van der Waals surface area contributed by atoms with E-state index in [9.17, 15) is 8.42 Å². The normalized spacial score (nSPS) is 20.8. The molecule has 0 aromatic heterocycles. The zero-order chi connectivity index (χ0) is 14.7. The van der Waals surface area contributed by atoms with Crippen LogP contribution in [0, 0.1) is 0 Å². The van der Waals surface area contributed by atoms with Gasteiger partial charge in [-0.3, -0.25) is 9.30 Å². The fraction of sp³-hybridized carbons (Fsp3) is 0.500. The molecular formula is C14H20N4O2S. The average molecular weight is 308 g/mol. The Morgan fingerprint density at radius 2 is 2.24 bits per heavy atom. The van der Waals surface area contributed by atoms with Crippen molar-refractivity contribution in [1.82, 2.24) is 10.6 Å². The Bertz CT molecular complexity index is 642. The quantitative estimate of drug-likeness (QED) is 0.860. The van der Waals surface area contributed by atoms with Crippen LogP contribution >= 0.6 is 0 Å². The van der Waals surface area contributed by atoms with Gasteiger partial charge in [0.1, 0.15) is 0 Å². The Morgan fingerprint density at radius 3 is 2.95 bits per heavy atom. The molecule has 0 atom stereocenters. The lowest BCUT2D eigenvalue weighted by Crippen LogP contribution is -2.40. The highest BCUT2D eigenvalue weighted by Gasteiger charge is 2.28. The molecule has 0 amide bonds. The molecule has 2 heterocycles. The van der Waals surface area contributed by atoms with Gasteiger partial charge in [0.05, 0.1) is 11.4 Å². The third-order valence-corrected chi connectivity index (χ3v) is 5.52. The van der Waals surface area contributed by atoms with Gasteiger partial charge in [0, 0.05) is 26.2 Å². The molecule has 1 fully saturated rings. The summed E-state index contributed by atoms with van der Waals surface area (Å²) in [6.07, 6.45) is 1.76. The molecule has 0 aliphatic carbocycles. The second kappa shape index (κ2) is 5.93. The lowest BCUT2D eigenvalue weighted by molar-refractivity contribution is 0.599. The monoisotopic (exact) mass is 308 g/mol. The van der Waals surface area contributed by atoms with Crippen LogP contribution in [0.3, 0.4) is 0 Å². The van der Waals surface area contributed by atoms with E-state index in [1.165, 1.54) is 4.31 Å². The van der Waals surface area contributed by atoms with Gasteiger partial charge in [0.25, 0.3) is 0 Å². The molecule has 2 N–H and O–H groups in total. The SMILES string of the molecule is O=S1(=O)CCCN1c1cccc(CNC2=NCCCN2)c1. The summed E-state index contributed by atoms with van der Waals surface area (Å²) in [5.41, 5.74) is 1.80. The highest BCUT2D eigenvalue weighted by molar-refractivity contribution is 7.93. The topological polar surface area (TPSA) is 73.8 Å². The second-order valence-electron chi connectivity index (χ2n) is 5.28. The summed E-state index contributed by atoms with van der Waals surface area (Å²) in [6.45, 7) is 3.00. The lowest BCUT2D eigenvalue weighted by Gasteiger charge is -2.19. The molecule has 0 unspecified atom stereocenters. The lowest BCUT2D eigenvalue weighted by atomic mass is 10.2. The van der Waals surface area contributed by atoms with E-state index in [1.807, 2.05) is 24.3 Å². The fourth-order valence-electron chi connectivity index (χ4n) is 2.59. The number of sulfonamides is 1. The van der Waals surface area contributed by atoms with E-state index >= 15 is 0 Å². The molecule has 2 aliphatic heterocycles. The number of benzene rings is 1. The maximum atomic E-state index is 12.0. The van der Waals surface area contributed by atoms with E-state index in [1.54, 1.807) is 0 Å². The maximum absolute atomic E-state index is 12.0. The summed E-state index contributed by atoms with van der Waals surface area (Å²) in [5.74, 6) is 1.07. The zero-order valence-electron chi connectivity index (χ0n) is 11.9. The van der Waals surface area contributed by atoms with Crippen LogP contribution in [0.4, 0.5) is 5.69 Å². The van der Waals surface area contributed by atoms with Crippen molar-refractivity contribution < 1.29 is 8.42 Å². The van der Waals surface area contributed by atoms with E-state index in [0.717, 1.165) is 36.7 Å². The zero-order valence-corrected chi connectivity index (χ0v) is 12.7. The molecule has 1 saturated heterocycles. The minimum absolute atomic E-state index is 0.246. The van der Waals surface area contributed by atoms with E-state index in [4.69, 9.17) is 0 Å². The minimum atomic E-state index is -3.12. The standard InChI is InChI=1S/C14H20N4O2S/c19-21(20)9-3-8-18(21)13-5-1-4-12(10-13)11-17-14-15-6-2-7-16-14/h1,4-5,10H,2-3,6-9,11H2,(H2,15,16,17). The smallest absolute Gasteiger partial charge is 0.235 e. The van der Waals surface area contributed by atoms with Crippen molar-refractivity contribution in [3.63, 3.8) is 0 Å². The van der Waals surface area contributed by atoms with Crippen LogP contribution in [-0.2, 0) is 16.6 Å². The largest absolute Gasteiger partial charge is 0.356 e. The molecule has 0 spiro atoms. The van der Waals surface area contributed by atoms with Gasteiger partial charge in [-0.25, -0.2) is 8.42 Å². The van der Waals surface area contributed by atoms with Crippen LogP contribution in [0.1, 0.15) is 18.4 Å². The molecule has 6 nitrogen and oxygen atoms in total. The number of guanidine groups is 1. The van der Waals surface area contributed by atoms with Crippen molar-refractivity contribution in [1.29, 1.82) is 0 Å². The Balaban J connectivity index is 1.70. The predicted molar refractivity (Wildman–Crippen MR) is 84.0 cm³/mol. The molecule has 0 bridgehead atoms. The van der Waals surface area contributed by atoms with Crippen molar-refractivity contribution in [2.75, 3.05) is 29.7 Å². The Labute approximate surface area is 125 Å². The molecule has 1 aromatic rings. The molecule has 0 saturated carbocycles. The second-order valence-corrected chi connectivity index (χ2v) is 7.29. The van der Waals surface area contributed by atoms with Crippen molar-refractivity contribution in [2.45, 2.75) is 19.4 Å². The summed E-state index contributed by atoms with van der Waals surface area (Å²) in [7, 11) is -3.12. The number of hydrogen-bond donors (Lipinski definition) is 2. The van der Waals surface area contributed by atoms with Crippen molar-refractivity contribution in [3.05, 3.63) is 29.8 Å². The molecule has 114 valence electrons. The van der Waals surface area contributed by atoms with Gasteiger partial charge < -0.3 is 10.6 Å². The van der Waals surface area contributed by atoms with Crippen LogP contribution in [0.25, 0.3) is 0 Å². The molecular weight excluding hydrogens is 288 g/mol. The van der Waals surface area contributed by atoms with Gasteiger partial charge in [0.2, 0.25) is 10.0 Å². The number of hydrogen-bond acceptors (Lipinski definition) is 5. The minimum Gasteiger partial charge on any atom is -0.356 e. The Kier molecular flexibility index (Phi) is 4.01. The molecule has 21 heavy (non-hydrogen) atoms. The number of rotatable bonds is 3.